The zero-order valence-electron chi connectivity index (χ0n) is 11.3. The third-order valence-corrected chi connectivity index (χ3v) is 7.04. The molecule has 4 nitrogen and oxygen atoms in total. The maximum Gasteiger partial charge on any atom is 0.242 e. The highest BCUT2D eigenvalue weighted by Crippen LogP contribution is 2.32. The van der Waals surface area contributed by atoms with Crippen LogP contribution in [0.4, 0.5) is 0 Å². The Labute approximate surface area is 127 Å². The van der Waals surface area contributed by atoms with Crippen molar-refractivity contribution in [3.05, 3.63) is 14.7 Å². The van der Waals surface area contributed by atoms with E-state index in [1.807, 2.05) is 6.92 Å². The van der Waals surface area contributed by atoms with Crippen LogP contribution >= 0.6 is 27.3 Å². The first-order valence-electron chi connectivity index (χ1n) is 6.27. The predicted molar refractivity (Wildman–Crippen MR) is 81.8 cm³/mol. The van der Waals surface area contributed by atoms with E-state index in [1.165, 1.54) is 17.4 Å². The highest BCUT2D eigenvalue weighted by molar-refractivity contribution is 9.11. The summed E-state index contributed by atoms with van der Waals surface area (Å²) >= 11 is 4.48. The van der Waals surface area contributed by atoms with Crippen LogP contribution in [0.2, 0.25) is 0 Å². The first-order valence-corrected chi connectivity index (χ1v) is 9.36. The third kappa shape index (κ3) is 4.26. The number of thiophene rings is 1. The second kappa shape index (κ2) is 7.17. The van der Waals surface area contributed by atoms with Crippen molar-refractivity contribution >= 4 is 37.3 Å². The van der Waals surface area contributed by atoms with E-state index in [2.05, 4.69) is 34.5 Å². The van der Waals surface area contributed by atoms with Gasteiger partial charge in [-0.15, -0.1) is 11.3 Å². The molecular formula is C12H20BrNO3S2. The van der Waals surface area contributed by atoms with Gasteiger partial charge in [-0.3, -0.25) is 0 Å². The van der Waals surface area contributed by atoms with Gasteiger partial charge in [0.1, 0.15) is 4.90 Å². The van der Waals surface area contributed by atoms with E-state index >= 15 is 0 Å². The molecule has 110 valence electrons. The second-order valence-electron chi connectivity index (χ2n) is 4.50. The van der Waals surface area contributed by atoms with Crippen LogP contribution in [0.25, 0.3) is 0 Å². The molecule has 1 atom stereocenters. The average molecular weight is 370 g/mol. The third-order valence-electron chi connectivity index (χ3n) is 3.25. The van der Waals surface area contributed by atoms with Gasteiger partial charge in [-0.25, -0.2) is 13.1 Å². The standard InChI is InChI=1S/C12H20BrNO3S2/c1-4-9(5-2)8(3)14-19(16,17)11-6-10(7-15)18-12(11)13/h6,8-9,14-15H,4-5,7H2,1-3H3. The van der Waals surface area contributed by atoms with Gasteiger partial charge in [0.05, 0.1) is 10.4 Å². The lowest BCUT2D eigenvalue weighted by Gasteiger charge is -2.22. The van der Waals surface area contributed by atoms with Crippen molar-refractivity contribution in [3.8, 4) is 0 Å². The van der Waals surface area contributed by atoms with Crippen molar-refractivity contribution in [1.82, 2.24) is 4.72 Å². The number of hydrogen-bond donors (Lipinski definition) is 2. The molecule has 0 radical (unpaired) electrons. The van der Waals surface area contributed by atoms with E-state index in [0.717, 1.165) is 12.8 Å². The summed E-state index contributed by atoms with van der Waals surface area (Å²) in [6.07, 6.45) is 1.87. The molecule has 0 amide bonds. The van der Waals surface area contributed by atoms with Crippen LogP contribution in [0.15, 0.2) is 14.7 Å². The topological polar surface area (TPSA) is 66.4 Å². The van der Waals surface area contributed by atoms with Crippen LogP contribution in [0.3, 0.4) is 0 Å². The van der Waals surface area contributed by atoms with Gasteiger partial charge in [0.15, 0.2) is 0 Å². The molecular weight excluding hydrogens is 350 g/mol. The Bertz CT molecular complexity index is 509. The number of nitrogens with one attached hydrogen (secondary N) is 1. The van der Waals surface area contributed by atoms with Gasteiger partial charge in [0, 0.05) is 10.9 Å². The Balaban J connectivity index is 2.94. The minimum atomic E-state index is -3.54. The van der Waals surface area contributed by atoms with Crippen LogP contribution < -0.4 is 4.72 Å². The largest absolute Gasteiger partial charge is 0.391 e. The predicted octanol–water partition coefficient (Wildman–Crippen LogP) is 3.11. The Morgan fingerprint density at radius 2 is 2.00 bits per heavy atom. The molecule has 0 aliphatic rings. The fourth-order valence-electron chi connectivity index (χ4n) is 2.06. The SMILES string of the molecule is CCC(CC)C(C)NS(=O)(=O)c1cc(CO)sc1Br. The van der Waals surface area contributed by atoms with Crippen molar-refractivity contribution in [3.63, 3.8) is 0 Å². The monoisotopic (exact) mass is 369 g/mol. The van der Waals surface area contributed by atoms with Gasteiger partial charge in [-0.2, -0.15) is 0 Å². The summed E-state index contributed by atoms with van der Waals surface area (Å²) in [7, 11) is -3.54. The summed E-state index contributed by atoms with van der Waals surface area (Å²) in [5.74, 6) is 0.324. The zero-order chi connectivity index (χ0) is 14.6. The van der Waals surface area contributed by atoms with Crippen molar-refractivity contribution in [1.29, 1.82) is 0 Å². The van der Waals surface area contributed by atoms with Gasteiger partial charge in [0.2, 0.25) is 10.0 Å². The summed E-state index contributed by atoms with van der Waals surface area (Å²) in [6.45, 7) is 5.86. The number of aliphatic hydroxyl groups excluding tert-OH is 1. The lowest BCUT2D eigenvalue weighted by Crippen LogP contribution is -2.37. The maximum atomic E-state index is 12.3. The number of hydrogen-bond acceptors (Lipinski definition) is 4. The summed E-state index contributed by atoms with van der Waals surface area (Å²) < 4.78 is 27.9. The van der Waals surface area contributed by atoms with Gasteiger partial charge in [-0.05, 0) is 34.8 Å². The number of sulfonamides is 1. The van der Waals surface area contributed by atoms with Crippen molar-refractivity contribution < 1.29 is 13.5 Å². The normalized spacial score (nSPS) is 14.0. The lowest BCUT2D eigenvalue weighted by molar-refractivity contribution is 0.285. The minimum Gasteiger partial charge on any atom is -0.391 e. The van der Waals surface area contributed by atoms with E-state index < -0.39 is 10.0 Å². The van der Waals surface area contributed by atoms with Crippen molar-refractivity contribution in [2.75, 3.05) is 0 Å². The smallest absolute Gasteiger partial charge is 0.242 e. The highest BCUT2D eigenvalue weighted by atomic mass is 79.9. The summed E-state index contributed by atoms with van der Waals surface area (Å²) in [5, 5.41) is 9.06. The second-order valence-corrected chi connectivity index (χ2v) is 8.63. The summed E-state index contributed by atoms with van der Waals surface area (Å²) in [6, 6.07) is 1.40. The molecule has 0 aliphatic carbocycles. The molecule has 1 heterocycles. The Morgan fingerprint density at radius 1 is 1.42 bits per heavy atom. The molecule has 0 aromatic carbocycles. The highest BCUT2D eigenvalue weighted by Gasteiger charge is 2.25. The fourth-order valence-corrected chi connectivity index (χ4v) is 5.91. The lowest BCUT2D eigenvalue weighted by atomic mass is 9.96. The quantitative estimate of drug-likeness (QED) is 0.775. The molecule has 1 aromatic rings. The number of halogens is 1. The number of aliphatic hydroxyl groups is 1. The van der Waals surface area contributed by atoms with Gasteiger partial charge >= 0.3 is 0 Å². The van der Waals surface area contributed by atoms with Crippen LogP contribution in [0.1, 0.15) is 38.5 Å². The zero-order valence-corrected chi connectivity index (χ0v) is 14.5. The molecule has 0 fully saturated rings. The van der Waals surface area contributed by atoms with Crippen LogP contribution in [0.5, 0.6) is 0 Å². The van der Waals surface area contributed by atoms with Crippen LogP contribution in [-0.2, 0) is 16.6 Å². The molecule has 1 rings (SSSR count). The van der Waals surface area contributed by atoms with E-state index in [-0.39, 0.29) is 17.5 Å². The van der Waals surface area contributed by atoms with E-state index in [1.54, 1.807) is 0 Å². The van der Waals surface area contributed by atoms with E-state index in [9.17, 15) is 8.42 Å². The first kappa shape index (κ1) is 17.1. The van der Waals surface area contributed by atoms with Crippen LogP contribution in [0, 0.1) is 5.92 Å². The molecule has 1 aromatic heterocycles. The van der Waals surface area contributed by atoms with Gasteiger partial charge in [0.25, 0.3) is 0 Å². The molecule has 2 N–H and O–H groups in total. The average Bonchev–Trinajstić information content (AvgIpc) is 2.72. The van der Waals surface area contributed by atoms with E-state index in [4.69, 9.17) is 5.11 Å². The molecule has 0 bridgehead atoms. The summed E-state index contributed by atoms with van der Waals surface area (Å²) in [4.78, 5) is 0.835. The van der Waals surface area contributed by atoms with E-state index in [0.29, 0.717) is 14.6 Å². The molecule has 0 saturated heterocycles. The maximum absolute atomic E-state index is 12.3. The Morgan fingerprint density at radius 3 is 2.42 bits per heavy atom. The molecule has 1 unspecified atom stereocenters. The Hall–Kier alpha value is 0.0500. The first-order chi connectivity index (χ1) is 8.85. The van der Waals surface area contributed by atoms with Crippen LogP contribution in [-0.4, -0.2) is 19.6 Å². The Kier molecular flexibility index (Phi) is 6.46. The minimum absolute atomic E-state index is 0.107. The molecule has 19 heavy (non-hydrogen) atoms. The molecule has 0 spiro atoms. The van der Waals surface area contributed by atoms with Crippen molar-refractivity contribution in [2.45, 2.75) is 51.2 Å². The van der Waals surface area contributed by atoms with Crippen molar-refractivity contribution in [2.24, 2.45) is 5.92 Å². The molecule has 0 saturated carbocycles. The molecule has 7 heteroatoms. The van der Waals surface area contributed by atoms with Gasteiger partial charge in [-0.1, -0.05) is 26.7 Å². The molecule has 0 aliphatic heterocycles. The van der Waals surface area contributed by atoms with Gasteiger partial charge < -0.3 is 5.11 Å². The number of rotatable bonds is 7. The summed E-state index contributed by atoms with van der Waals surface area (Å²) in [5.41, 5.74) is 0. The fraction of sp³-hybridized carbons (Fsp3) is 0.667.